The van der Waals surface area contributed by atoms with Crippen molar-refractivity contribution in [3.05, 3.63) is 95.6 Å². The fraction of sp³-hybridized carbons (Fsp3) is 0.115. The number of benzene rings is 3. The number of ether oxygens (including phenoxy) is 1. The van der Waals surface area contributed by atoms with Crippen LogP contribution >= 0.6 is 0 Å². The number of carbonyl (C=O) groups excluding carboxylic acids is 1. The molecule has 0 aliphatic carbocycles. The van der Waals surface area contributed by atoms with Crippen molar-refractivity contribution in [1.82, 2.24) is 10.2 Å². The number of anilines is 1. The summed E-state index contributed by atoms with van der Waals surface area (Å²) >= 11 is 0. The van der Waals surface area contributed by atoms with Gasteiger partial charge >= 0.3 is 6.01 Å². The second-order valence-electron chi connectivity index (χ2n) is 7.44. The Morgan fingerprint density at radius 3 is 2.48 bits per heavy atom. The summed E-state index contributed by atoms with van der Waals surface area (Å²) in [5.74, 6) is 0.877. The van der Waals surface area contributed by atoms with E-state index in [2.05, 4.69) is 27.6 Å². The smallest absolute Gasteiger partial charge is 0.322 e. The molecule has 0 radical (unpaired) electrons. The fourth-order valence-electron chi connectivity index (χ4n) is 3.56. The predicted molar refractivity (Wildman–Crippen MR) is 124 cm³/mol. The van der Waals surface area contributed by atoms with Crippen molar-refractivity contribution in [1.29, 1.82) is 0 Å². The number of hydrogen-bond donors (Lipinski definition) is 1. The lowest BCUT2D eigenvalue weighted by molar-refractivity contribution is 0.102. The second kappa shape index (κ2) is 9.00. The van der Waals surface area contributed by atoms with Crippen molar-refractivity contribution >= 4 is 22.9 Å². The van der Waals surface area contributed by atoms with Crippen molar-refractivity contribution in [3.8, 4) is 17.4 Å². The van der Waals surface area contributed by atoms with Crippen molar-refractivity contribution in [3.63, 3.8) is 0 Å². The van der Waals surface area contributed by atoms with Crippen LogP contribution in [0.2, 0.25) is 0 Å². The lowest BCUT2D eigenvalue weighted by Crippen LogP contribution is -2.12. The number of fused-ring (bicyclic) bond motifs is 1. The highest BCUT2D eigenvalue weighted by atomic mass is 16.5. The van der Waals surface area contributed by atoms with Gasteiger partial charge in [0.05, 0.1) is 6.61 Å². The van der Waals surface area contributed by atoms with Crippen molar-refractivity contribution in [2.45, 2.75) is 13.3 Å². The van der Waals surface area contributed by atoms with E-state index in [-0.39, 0.29) is 17.8 Å². The third-order valence-corrected chi connectivity index (χ3v) is 5.13. The number of para-hydroxylation sites is 1. The molecular weight excluding hydrogens is 418 g/mol. The van der Waals surface area contributed by atoms with E-state index in [4.69, 9.17) is 13.6 Å². The van der Waals surface area contributed by atoms with Gasteiger partial charge in [0.1, 0.15) is 0 Å². The molecular formula is C26H21N3O4. The third kappa shape index (κ3) is 4.48. The van der Waals surface area contributed by atoms with E-state index in [0.717, 1.165) is 17.4 Å². The number of carbonyl (C=O) groups is 1. The van der Waals surface area contributed by atoms with Gasteiger partial charge in [0.15, 0.2) is 17.1 Å². The van der Waals surface area contributed by atoms with Gasteiger partial charge in [0.25, 0.3) is 11.8 Å². The Hall–Kier alpha value is -4.39. The number of hydrogen-bond acceptors (Lipinski definition) is 6. The molecule has 3 aromatic carbocycles. The van der Waals surface area contributed by atoms with Crippen LogP contribution in [-0.2, 0) is 6.42 Å². The molecule has 0 aliphatic rings. The molecule has 5 rings (SSSR count). The van der Waals surface area contributed by atoms with Crippen LogP contribution in [0.1, 0.15) is 28.4 Å². The first kappa shape index (κ1) is 20.5. The van der Waals surface area contributed by atoms with Gasteiger partial charge in [0, 0.05) is 10.9 Å². The lowest BCUT2D eigenvalue weighted by atomic mass is 10.0. The van der Waals surface area contributed by atoms with Gasteiger partial charge < -0.3 is 13.6 Å². The number of aromatic nitrogens is 2. The molecule has 2 heterocycles. The van der Waals surface area contributed by atoms with Crippen molar-refractivity contribution in [2.24, 2.45) is 0 Å². The first-order valence-electron chi connectivity index (χ1n) is 10.6. The van der Waals surface area contributed by atoms with Crippen molar-refractivity contribution < 1.29 is 18.4 Å². The van der Waals surface area contributed by atoms with Gasteiger partial charge in [0.2, 0.25) is 0 Å². The van der Waals surface area contributed by atoms with Crippen LogP contribution in [0.25, 0.3) is 22.6 Å². The number of nitrogens with one attached hydrogen (secondary N) is 1. The average molecular weight is 439 g/mol. The third-order valence-electron chi connectivity index (χ3n) is 5.13. The molecule has 164 valence electrons. The molecule has 0 atom stereocenters. The Kier molecular flexibility index (Phi) is 5.59. The van der Waals surface area contributed by atoms with Crippen molar-refractivity contribution in [2.75, 3.05) is 11.9 Å². The highest BCUT2D eigenvalue weighted by molar-refractivity contribution is 6.03. The Labute approximate surface area is 190 Å². The zero-order chi connectivity index (χ0) is 22.6. The van der Waals surface area contributed by atoms with Gasteiger partial charge in [-0.25, -0.2) is 0 Å². The van der Waals surface area contributed by atoms with E-state index >= 15 is 0 Å². The zero-order valence-corrected chi connectivity index (χ0v) is 17.9. The maximum absolute atomic E-state index is 12.6. The molecule has 33 heavy (non-hydrogen) atoms. The minimum atomic E-state index is -0.334. The van der Waals surface area contributed by atoms with Crippen LogP contribution in [0.5, 0.6) is 5.75 Å². The molecule has 7 nitrogen and oxygen atoms in total. The molecule has 1 amide bonds. The summed E-state index contributed by atoms with van der Waals surface area (Å²) in [6.07, 6.45) is 0.804. The van der Waals surface area contributed by atoms with E-state index < -0.39 is 0 Å². The minimum absolute atomic E-state index is 0.00569. The summed E-state index contributed by atoms with van der Waals surface area (Å²) in [5, 5.41) is 11.4. The molecule has 0 saturated heterocycles. The van der Waals surface area contributed by atoms with E-state index in [1.54, 1.807) is 18.2 Å². The van der Waals surface area contributed by atoms with Crippen LogP contribution in [0.4, 0.5) is 6.01 Å². The van der Waals surface area contributed by atoms with Crippen LogP contribution in [0, 0.1) is 0 Å². The monoisotopic (exact) mass is 439 g/mol. The molecule has 0 spiro atoms. The number of amides is 1. The molecule has 0 bridgehead atoms. The van der Waals surface area contributed by atoms with Crippen LogP contribution < -0.4 is 10.1 Å². The fourth-order valence-corrected chi connectivity index (χ4v) is 3.56. The van der Waals surface area contributed by atoms with Gasteiger partial charge in [-0.3, -0.25) is 10.1 Å². The summed E-state index contributed by atoms with van der Waals surface area (Å²) in [6.45, 7) is 2.44. The molecule has 1 N–H and O–H groups in total. The summed E-state index contributed by atoms with van der Waals surface area (Å²) in [7, 11) is 0. The largest absolute Gasteiger partial charge is 0.490 e. The number of furan rings is 1. The van der Waals surface area contributed by atoms with Crippen LogP contribution in [0.15, 0.2) is 87.7 Å². The first-order valence-corrected chi connectivity index (χ1v) is 10.6. The standard InChI is InChI=1S/C26H21N3O4/c1-2-31-21-10-6-9-20-16-22(32-23(20)21)25-28-29-26(33-25)27-24(30)19-13-11-18(12-14-19)15-17-7-4-3-5-8-17/h3-14,16H,2,15H2,1H3,(H,27,29,30). The highest BCUT2D eigenvalue weighted by Gasteiger charge is 2.17. The molecule has 0 aliphatic heterocycles. The summed E-state index contributed by atoms with van der Waals surface area (Å²) in [5.41, 5.74) is 3.44. The average Bonchev–Trinajstić information content (AvgIpc) is 3.48. The molecule has 0 fully saturated rings. The van der Waals surface area contributed by atoms with E-state index in [0.29, 0.717) is 29.3 Å². The topological polar surface area (TPSA) is 90.4 Å². The van der Waals surface area contributed by atoms with E-state index in [1.165, 1.54) is 5.56 Å². The number of rotatable bonds is 7. The summed E-state index contributed by atoms with van der Waals surface area (Å²) in [4.78, 5) is 12.6. The predicted octanol–water partition coefficient (Wildman–Crippen LogP) is 5.72. The molecule has 0 unspecified atom stereocenters. The molecule has 0 saturated carbocycles. The molecule has 2 aromatic heterocycles. The van der Waals surface area contributed by atoms with Gasteiger partial charge in [-0.1, -0.05) is 59.7 Å². The Morgan fingerprint density at radius 2 is 1.70 bits per heavy atom. The highest BCUT2D eigenvalue weighted by Crippen LogP contribution is 2.33. The Morgan fingerprint density at radius 1 is 0.909 bits per heavy atom. The summed E-state index contributed by atoms with van der Waals surface area (Å²) < 4.78 is 17.1. The second-order valence-corrected chi connectivity index (χ2v) is 7.44. The lowest BCUT2D eigenvalue weighted by Gasteiger charge is -2.04. The van der Waals surface area contributed by atoms with Crippen LogP contribution in [0.3, 0.4) is 0 Å². The van der Waals surface area contributed by atoms with Crippen LogP contribution in [-0.4, -0.2) is 22.7 Å². The van der Waals surface area contributed by atoms with Gasteiger partial charge in [-0.2, -0.15) is 0 Å². The maximum atomic E-state index is 12.6. The van der Waals surface area contributed by atoms with Gasteiger partial charge in [-0.15, -0.1) is 5.10 Å². The maximum Gasteiger partial charge on any atom is 0.322 e. The number of nitrogens with zero attached hydrogens (tertiary/aromatic N) is 2. The zero-order valence-electron chi connectivity index (χ0n) is 17.9. The van der Waals surface area contributed by atoms with E-state index in [9.17, 15) is 4.79 Å². The summed E-state index contributed by atoms with van der Waals surface area (Å²) in [6, 6.07) is 25.0. The SMILES string of the molecule is CCOc1cccc2cc(-c3nnc(NC(=O)c4ccc(Cc5ccccc5)cc4)o3)oc12. The molecule has 7 heteroatoms. The molecule has 5 aromatic rings. The normalized spacial score (nSPS) is 10.9. The Balaban J connectivity index is 1.28. The van der Waals surface area contributed by atoms with Gasteiger partial charge in [-0.05, 0) is 48.7 Å². The van der Waals surface area contributed by atoms with E-state index in [1.807, 2.05) is 55.5 Å². The quantitative estimate of drug-likeness (QED) is 0.349. The first-order chi connectivity index (χ1) is 16.2. The minimum Gasteiger partial charge on any atom is -0.490 e. The Bertz CT molecular complexity index is 1390.